The predicted molar refractivity (Wildman–Crippen MR) is 191 cm³/mol. The van der Waals surface area contributed by atoms with Crippen LogP contribution in [-0.4, -0.2) is 124 Å². The van der Waals surface area contributed by atoms with Gasteiger partial charge in [0.2, 0.25) is 29.5 Å². The van der Waals surface area contributed by atoms with Crippen molar-refractivity contribution in [3.8, 4) is 0 Å². The van der Waals surface area contributed by atoms with E-state index in [0.717, 1.165) is 0 Å². The monoisotopic (exact) mass is 748 g/mol. The first-order valence-electron chi connectivity index (χ1n) is 18.6. The molecule has 290 valence electrons. The molecule has 0 aliphatic carbocycles. The van der Waals surface area contributed by atoms with Crippen LogP contribution in [0.5, 0.6) is 0 Å². The van der Waals surface area contributed by atoms with E-state index >= 15 is 0 Å². The number of hydrogen-bond acceptors (Lipinski definition) is 10. The molecule has 0 bridgehead atoms. The summed E-state index contributed by atoms with van der Waals surface area (Å²) in [6.07, 6.45) is 2.94. The number of esters is 1. The van der Waals surface area contributed by atoms with Crippen molar-refractivity contribution in [1.82, 2.24) is 35.8 Å². The number of nitrogens with zero attached hydrogens (tertiary/aromatic N) is 4. The minimum Gasteiger partial charge on any atom is -0.461 e. The average molecular weight is 749 g/mol. The molecule has 0 saturated carbocycles. The second kappa shape index (κ2) is 16.7. The number of fused-ring (bicyclic) bond motifs is 3. The molecule has 54 heavy (non-hydrogen) atoms. The number of rotatable bonds is 6. The number of aryl methyl sites for hydroxylation is 1. The lowest BCUT2D eigenvalue weighted by atomic mass is 9.99. The summed E-state index contributed by atoms with van der Waals surface area (Å²) in [6.45, 7) is 5.28. The van der Waals surface area contributed by atoms with Gasteiger partial charge in [-0.05, 0) is 63.9 Å². The molecule has 4 N–H and O–H groups in total. The SMILES string of the molecule is Cc1cc(NC(=O)N[C@@H](Cc2ccccc2)C(=O)NC2COC(=O)[C@@H]3C[C@@H](C)CN3C(=O)[C@H](C)NC(=O)[C@@H]3CCCCN3C(=O)[C@@H]3CCCN3C2=O)no1. The summed E-state index contributed by atoms with van der Waals surface area (Å²) in [4.78, 5) is 101. The second-order valence-electron chi connectivity index (χ2n) is 14.7. The maximum atomic E-state index is 14.4. The number of hydrogen-bond donors (Lipinski definition) is 4. The van der Waals surface area contributed by atoms with Gasteiger partial charge < -0.3 is 39.9 Å². The zero-order chi connectivity index (χ0) is 38.5. The van der Waals surface area contributed by atoms with E-state index in [9.17, 15) is 33.6 Å². The smallest absolute Gasteiger partial charge is 0.328 e. The summed E-state index contributed by atoms with van der Waals surface area (Å²) >= 11 is 0. The van der Waals surface area contributed by atoms with Crippen LogP contribution < -0.4 is 21.3 Å². The van der Waals surface area contributed by atoms with Crippen LogP contribution in [-0.2, 0) is 39.9 Å². The Hall–Kier alpha value is -5.48. The van der Waals surface area contributed by atoms with Gasteiger partial charge in [-0.2, -0.15) is 0 Å². The van der Waals surface area contributed by atoms with Crippen molar-refractivity contribution in [3.63, 3.8) is 0 Å². The first-order valence-corrected chi connectivity index (χ1v) is 18.6. The number of piperidine rings is 1. The van der Waals surface area contributed by atoms with Gasteiger partial charge in [-0.25, -0.2) is 9.59 Å². The lowest BCUT2D eigenvalue weighted by molar-refractivity contribution is -0.158. The molecule has 1 unspecified atom stereocenters. The summed E-state index contributed by atoms with van der Waals surface area (Å²) in [7, 11) is 0. The maximum Gasteiger partial charge on any atom is 0.328 e. The van der Waals surface area contributed by atoms with Crippen molar-refractivity contribution in [2.75, 3.05) is 31.6 Å². The molecule has 17 heteroatoms. The normalized spacial score (nSPS) is 27.3. The third-order valence-corrected chi connectivity index (χ3v) is 10.5. The number of aromatic nitrogens is 1. The minimum absolute atomic E-state index is 0.0388. The Morgan fingerprint density at radius 3 is 2.37 bits per heavy atom. The van der Waals surface area contributed by atoms with Gasteiger partial charge in [0.25, 0.3) is 0 Å². The molecule has 4 aliphatic heterocycles. The highest BCUT2D eigenvalue weighted by molar-refractivity contribution is 5.98. The zero-order valence-electron chi connectivity index (χ0n) is 30.7. The van der Waals surface area contributed by atoms with E-state index in [4.69, 9.17) is 9.26 Å². The average Bonchev–Trinajstić information content (AvgIpc) is 3.91. The molecule has 7 amide bonds. The topological polar surface area (TPSA) is 213 Å². The van der Waals surface area contributed by atoms with Gasteiger partial charge in [-0.3, -0.25) is 29.3 Å². The third kappa shape index (κ3) is 8.66. The molecule has 6 rings (SSSR count). The number of ether oxygens (including phenoxy) is 1. The van der Waals surface area contributed by atoms with E-state index in [1.54, 1.807) is 38.1 Å². The molecule has 5 heterocycles. The third-order valence-electron chi connectivity index (χ3n) is 10.5. The van der Waals surface area contributed by atoms with E-state index < -0.39 is 84.4 Å². The number of carbonyl (C=O) groups is 7. The fraction of sp³-hybridized carbons (Fsp3) is 0.568. The van der Waals surface area contributed by atoms with Crippen molar-refractivity contribution >= 4 is 47.4 Å². The molecule has 4 fully saturated rings. The largest absolute Gasteiger partial charge is 0.461 e. The fourth-order valence-electron chi connectivity index (χ4n) is 7.78. The van der Waals surface area contributed by atoms with Crippen LogP contribution in [0.2, 0.25) is 0 Å². The second-order valence-corrected chi connectivity index (χ2v) is 14.7. The Morgan fingerprint density at radius 1 is 0.907 bits per heavy atom. The molecular formula is C37H48N8O9. The van der Waals surface area contributed by atoms with Crippen molar-refractivity contribution in [3.05, 3.63) is 47.7 Å². The molecule has 17 nitrogen and oxygen atoms in total. The summed E-state index contributed by atoms with van der Waals surface area (Å²) in [5.74, 6) is -2.96. The van der Waals surface area contributed by atoms with E-state index in [1.807, 2.05) is 13.0 Å². The molecule has 4 saturated heterocycles. The van der Waals surface area contributed by atoms with E-state index in [-0.39, 0.29) is 31.2 Å². The van der Waals surface area contributed by atoms with Gasteiger partial charge in [-0.1, -0.05) is 42.4 Å². The van der Waals surface area contributed by atoms with Gasteiger partial charge in [0.05, 0.1) is 0 Å². The van der Waals surface area contributed by atoms with Crippen LogP contribution >= 0.6 is 0 Å². The number of carbonyl (C=O) groups excluding carboxylic acids is 7. The Morgan fingerprint density at radius 2 is 1.63 bits per heavy atom. The van der Waals surface area contributed by atoms with Gasteiger partial charge >= 0.3 is 12.0 Å². The fourth-order valence-corrected chi connectivity index (χ4v) is 7.78. The molecule has 7 atom stereocenters. The van der Waals surface area contributed by atoms with Crippen molar-refractivity contribution < 1.29 is 42.8 Å². The van der Waals surface area contributed by atoms with Crippen LogP contribution in [0, 0.1) is 12.8 Å². The van der Waals surface area contributed by atoms with Gasteiger partial charge in [0.15, 0.2) is 5.82 Å². The van der Waals surface area contributed by atoms with E-state index in [0.29, 0.717) is 56.4 Å². The Labute approximate surface area is 312 Å². The first-order chi connectivity index (χ1) is 25.9. The lowest BCUT2D eigenvalue weighted by Gasteiger charge is -2.39. The predicted octanol–water partition coefficient (Wildman–Crippen LogP) is 0.871. The molecule has 2 aromatic rings. The molecular weight excluding hydrogens is 700 g/mol. The number of amides is 7. The number of anilines is 1. The first kappa shape index (κ1) is 38.3. The number of urea groups is 1. The molecule has 1 aromatic heterocycles. The maximum absolute atomic E-state index is 14.4. The van der Waals surface area contributed by atoms with E-state index in [2.05, 4.69) is 26.4 Å². The highest BCUT2D eigenvalue weighted by atomic mass is 16.5. The van der Waals surface area contributed by atoms with Gasteiger partial charge in [-0.15, -0.1) is 0 Å². The van der Waals surface area contributed by atoms with Crippen molar-refractivity contribution in [2.24, 2.45) is 5.92 Å². The summed E-state index contributed by atoms with van der Waals surface area (Å²) < 4.78 is 10.7. The van der Waals surface area contributed by atoms with Crippen LogP contribution in [0.15, 0.2) is 40.9 Å². The Bertz CT molecular complexity index is 1750. The minimum atomic E-state index is -1.45. The van der Waals surface area contributed by atoms with E-state index in [1.165, 1.54) is 20.8 Å². The van der Waals surface area contributed by atoms with Crippen LogP contribution in [0.3, 0.4) is 0 Å². The number of benzene rings is 1. The molecule has 0 spiro atoms. The van der Waals surface area contributed by atoms with Crippen LogP contribution in [0.25, 0.3) is 0 Å². The number of cyclic esters (lactones) is 1. The van der Waals surface area contributed by atoms with Gasteiger partial charge in [0.1, 0.15) is 48.6 Å². The molecule has 1 aromatic carbocycles. The highest BCUT2D eigenvalue weighted by Gasteiger charge is 2.46. The highest BCUT2D eigenvalue weighted by Crippen LogP contribution is 2.28. The zero-order valence-corrected chi connectivity index (χ0v) is 30.7. The standard InChI is InChI=1S/C37H48N8O9/c1-21-16-29-36(51)53-20-26(39-31(46)25(18-24-10-5-4-6-11-24)40-37(52)41-30-17-22(2)54-42-30)34(49)44-15-9-13-28(44)35(50)43-14-8-7-12-27(43)32(47)38-23(3)33(48)45(29)19-21/h4-6,10-11,17,21,23,25-29H,7-9,12-16,18-20H2,1-3H3,(H,38,47)(H,39,46)(H2,40,41,42,52)/t21-,23+,25+,26?,27+,28+,29+/m1/s1. The quantitative estimate of drug-likeness (QED) is 0.306. The summed E-state index contributed by atoms with van der Waals surface area (Å²) in [5.41, 5.74) is 0.714. The van der Waals surface area contributed by atoms with Crippen molar-refractivity contribution in [2.45, 2.75) is 102 Å². The van der Waals surface area contributed by atoms with Crippen LogP contribution in [0.4, 0.5) is 10.6 Å². The Kier molecular flexibility index (Phi) is 11.8. The summed E-state index contributed by atoms with van der Waals surface area (Å²) in [6, 6.07) is 3.33. The van der Waals surface area contributed by atoms with Gasteiger partial charge in [0, 0.05) is 32.1 Å². The lowest BCUT2D eigenvalue weighted by Crippen LogP contribution is -2.62. The Balaban J connectivity index is 1.29. The number of nitrogens with one attached hydrogen (secondary N) is 4. The van der Waals surface area contributed by atoms with Crippen molar-refractivity contribution in [1.29, 1.82) is 0 Å². The molecule has 4 aliphatic rings. The van der Waals surface area contributed by atoms with Crippen LogP contribution in [0.1, 0.15) is 63.7 Å². The molecule has 0 radical (unpaired) electrons. The summed E-state index contributed by atoms with van der Waals surface area (Å²) in [5, 5.41) is 14.4.